The number of imidazole rings is 1. The first kappa shape index (κ1) is 27.6. The molecule has 1 unspecified atom stereocenters. The number of amides is 1. The summed E-state index contributed by atoms with van der Waals surface area (Å²) in [5.74, 6) is 0.906. The summed E-state index contributed by atoms with van der Waals surface area (Å²) in [6.45, 7) is 4.29. The van der Waals surface area contributed by atoms with Gasteiger partial charge in [-0.1, -0.05) is 62.4 Å². The van der Waals surface area contributed by atoms with Crippen LogP contribution in [0.3, 0.4) is 0 Å². The quantitative estimate of drug-likeness (QED) is 0.204. The third kappa shape index (κ3) is 5.14. The van der Waals surface area contributed by atoms with Crippen LogP contribution < -0.4 is 16.4 Å². The first-order valence-electron chi connectivity index (χ1n) is 14.4. The van der Waals surface area contributed by atoms with Crippen LogP contribution >= 0.6 is 0 Å². The molecule has 4 N–H and O–H groups in total. The molecule has 8 heteroatoms. The van der Waals surface area contributed by atoms with Crippen LogP contribution in [0.4, 0.5) is 15.9 Å². The number of nitrogens with zero attached hydrogens (tertiary/aromatic N) is 3. The van der Waals surface area contributed by atoms with E-state index in [1.807, 2.05) is 49.6 Å². The maximum atomic E-state index is 13.6. The minimum atomic E-state index is -0.394. The number of anilines is 2. The Morgan fingerprint density at radius 3 is 2.64 bits per heavy atom. The smallest absolute Gasteiger partial charge is 0.228 e. The van der Waals surface area contributed by atoms with Crippen molar-refractivity contribution in [2.45, 2.75) is 51.5 Å². The van der Waals surface area contributed by atoms with Crippen LogP contribution in [0.5, 0.6) is 0 Å². The second-order valence-corrected chi connectivity index (χ2v) is 11.2. The largest absolute Gasteiger partial charge is 0.382 e. The summed E-state index contributed by atoms with van der Waals surface area (Å²) in [4.78, 5) is 22.8. The molecule has 2 aromatic heterocycles. The van der Waals surface area contributed by atoms with Gasteiger partial charge in [-0.05, 0) is 66.4 Å². The van der Waals surface area contributed by atoms with Crippen LogP contribution in [0.25, 0.3) is 33.1 Å². The van der Waals surface area contributed by atoms with E-state index in [0.29, 0.717) is 17.5 Å². The number of rotatable bonds is 7. The predicted octanol–water partition coefficient (Wildman–Crippen LogP) is 6.73. The molecule has 42 heavy (non-hydrogen) atoms. The highest BCUT2D eigenvalue weighted by Crippen LogP contribution is 2.38. The monoisotopic (exact) mass is 562 g/mol. The normalized spacial score (nSPS) is 15.4. The molecule has 1 atom stereocenters. The zero-order chi connectivity index (χ0) is 29.4. The summed E-state index contributed by atoms with van der Waals surface area (Å²) in [6, 6.07) is 18.4. The Bertz CT molecular complexity index is 1840. The highest BCUT2D eigenvalue weighted by atomic mass is 19.1. The van der Waals surface area contributed by atoms with Crippen molar-refractivity contribution in [3.05, 3.63) is 95.8 Å². The predicted molar refractivity (Wildman–Crippen MR) is 168 cm³/mol. The summed E-state index contributed by atoms with van der Waals surface area (Å²) in [6.07, 6.45) is 7.31. The number of allylic oxidation sites excluding steroid dienone is 1. The zero-order valence-corrected chi connectivity index (χ0v) is 24.1. The zero-order valence-electron chi connectivity index (χ0n) is 24.1. The Kier molecular flexibility index (Phi) is 7.47. The highest BCUT2D eigenvalue weighted by molar-refractivity contribution is 6.04. The second-order valence-electron chi connectivity index (χ2n) is 11.2. The SMILES string of the molecule is CNC1CC=C(c2cnc(N)c3c(-c4ccc(CC(=O)Nc5cccc(F)c5)c5ccccc45)nc(C(C)C)n23)CC1. The third-order valence-electron chi connectivity index (χ3n) is 8.11. The summed E-state index contributed by atoms with van der Waals surface area (Å²) in [7, 11) is 2.01. The van der Waals surface area contributed by atoms with Gasteiger partial charge >= 0.3 is 0 Å². The summed E-state index contributed by atoms with van der Waals surface area (Å²) < 4.78 is 15.8. The van der Waals surface area contributed by atoms with Crippen molar-refractivity contribution in [2.75, 3.05) is 18.1 Å². The minimum Gasteiger partial charge on any atom is -0.382 e. The molecule has 0 saturated carbocycles. The Labute approximate surface area is 244 Å². The van der Waals surface area contributed by atoms with Crippen LogP contribution in [0.2, 0.25) is 0 Å². The van der Waals surface area contributed by atoms with E-state index in [4.69, 9.17) is 10.7 Å². The van der Waals surface area contributed by atoms with Gasteiger partial charge in [-0.25, -0.2) is 14.4 Å². The fourth-order valence-electron chi connectivity index (χ4n) is 5.96. The number of hydrogen-bond donors (Lipinski definition) is 3. The fourth-order valence-corrected chi connectivity index (χ4v) is 5.96. The van der Waals surface area contributed by atoms with Gasteiger partial charge in [-0.2, -0.15) is 0 Å². The summed E-state index contributed by atoms with van der Waals surface area (Å²) in [5.41, 5.74) is 12.7. The van der Waals surface area contributed by atoms with E-state index in [-0.39, 0.29) is 18.2 Å². The van der Waals surface area contributed by atoms with Gasteiger partial charge in [0, 0.05) is 23.2 Å². The molecule has 7 nitrogen and oxygen atoms in total. The summed E-state index contributed by atoms with van der Waals surface area (Å²) >= 11 is 0. The molecule has 0 aliphatic heterocycles. The van der Waals surface area contributed by atoms with Gasteiger partial charge in [-0.3, -0.25) is 9.20 Å². The van der Waals surface area contributed by atoms with Crippen molar-refractivity contribution in [1.29, 1.82) is 0 Å². The van der Waals surface area contributed by atoms with Crippen molar-refractivity contribution in [3.63, 3.8) is 0 Å². The average Bonchev–Trinajstić information content (AvgIpc) is 3.39. The molecule has 3 aromatic carbocycles. The molecule has 0 spiro atoms. The van der Waals surface area contributed by atoms with Crippen molar-refractivity contribution in [2.24, 2.45) is 0 Å². The Morgan fingerprint density at radius 1 is 1.12 bits per heavy atom. The number of hydrogen-bond acceptors (Lipinski definition) is 5. The van der Waals surface area contributed by atoms with Crippen LogP contribution in [-0.2, 0) is 11.2 Å². The molecule has 1 amide bonds. The Balaban J connectivity index is 1.45. The van der Waals surface area contributed by atoms with Crippen molar-refractivity contribution < 1.29 is 9.18 Å². The first-order valence-corrected chi connectivity index (χ1v) is 14.4. The van der Waals surface area contributed by atoms with E-state index in [0.717, 1.165) is 63.9 Å². The van der Waals surface area contributed by atoms with Crippen molar-refractivity contribution in [3.8, 4) is 11.3 Å². The molecule has 0 radical (unpaired) electrons. The van der Waals surface area contributed by atoms with Gasteiger partial charge in [0.1, 0.15) is 28.7 Å². The number of nitrogens with one attached hydrogen (secondary N) is 2. The maximum Gasteiger partial charge on any atom is 0.228 e. The van der Waals surface area contributed by atoms with Gasteiger partial charge in [0.2, 0.25) is 5.91 Å². The molecule has 1 aliphatic rings. The van der Waals surface area contributed by atoms with Gasteiger partial charge in [0.05, 0.1) is 18.3 Å². The van der Waals surface area contributed by atoms with E-state index in [1.54, 1.807) is 12.1 Å². The third-order valence-corrected chi connectivity index (χ3v) is 8.11. The van der Waals surface area contributed by atoms with E-state index >= 15 is 0 Å². The lowest BCUT2D eigenvalue weighted by atomic mass is 9.93. The lowest BCUT2D eigenvalue weighted by molar-refractivity contribution is -0.115. The molecule has 6 rings (SSSR count). The molecule has 5 aromatic rings. The number of benzene rings is 3. The number of nitrogens with two attached hydrogens (primary N) is 1. The lowest BCUT2D eigenvalue weighted by Crippen LogP contribution is -2.26. The van der Waals surface area contributed by atoms with Gasteiger partial charge in [0.25, 0.3) is 0 Å². The van der Waals surface area contributed by atoms with Crippen molar-refractivity contribution >= 4 is 39.3 Å². The lowest BCUT2D eigenvalue weighted by Gasteiger charge is -2.22. The number of carbonyl (C=O) groups is 1. The van der Waals surface area contributed by atoms with Crippen LogP contribution in [0.15, 0.2) is 72.9 Å². The number of aromatic nitrogens is 3. The van der Waals surface area contributed by atoms with Gasteiger partial charge in [0.15, 0.2) is 0 Å². The van der Waals surface area contributed by atoms with E-state index in [2.05, 4.69) is 39.9 Å². The molecule has 2 heterocycles. The Hall–Kier alpha value is -4.56. The second kappa shape index (κ2) is 11.4. The molecule has 0 saturated heterocycles. The standard InChI is InChI=1S/C34H35FN6O/c1-20(2)34-40-31(32-33(36)38-19-29(41(32)34)21-11-14-24(37-3)15-12-21)28-16-13-22(26-9-4-5-10-27(26)28)17-30(42)39-25-8-6-7-23(35)18-25/h4-11,13,16,18-20,24,37H,12,14-15,17H2,1-3H3,(H2,36,38)(H,39,42). The number of halogens is 1. The number of carbonyl (C=O) groups excluding carboxylic acids is 1. The number of nitrogen functional groups attached to an aromatic ring is 1. The van der Waals surface area contributed by atoms with Gasteiger partial charge < -0.3 is 16.4 Å². The molecular formula is C34H35FN6O. The van der Waals surface area contributed by atoms with Crippen LogP contribution in [-0.4, -0.2) is 33.4 Å². The van der Waals surface area contributed by atoms with E-state index in [1.165, 1.54) is 17.7 Å². The Morgan fingerprint density at radius 2 is 1.93 bits per heavy atom. The molecular weight excluding hydrogens is 527 g/mol. The first-order chi connectivity index (χ1) is 20.3. The highest BCUT2D eigenvalue weighted by Gasteiger charge is 2.25. The molecule has 214 valence electrons. The van der Waals surface area contributed by atoms with E-state index < -0.39 is 5.82 Å². The summed E-state index contributed by atoms with van der Waals surface area (Å²) in [5, 5.41) is 8.12. The van der Waals surface area contributed by atoms with Crippen molar-refractivity contribution in [1.82, 2.24) is 19.7 Å². The molecule has 0 fully saturated rings. The molecule has 0 bridgehead atoms. The maximum absolute atomic E-state index is 13.6. The average molecular weight is 563 g/mol. The van der Waals surface area contributed by atoms with Gasteiger partial charge in [-0.15, -0.1) is 0 Å². The number of fused-ring (bicyclic) bond motifs is 2. The fraction of sp³-hybridized carbons (Fsp3) is 0.265. The van der Waals surface area contributed by atoms with Crippen LogP contribution in [0, 0.1) is 5.82 Å². The molecule has 1 aliphatic carbocycles. The minimum absolute atomic E-state index is 0.147. The van der Waals surface area contributed by atoms with Crippen LogP contribution in [0.1, 0.15) is 56.1 Å². The topological polar surface area (TPSA) is 97.3 Å². The van der Waals surface area contributed by atoms with E-state index in [9.17, 15) is 9.18 Å².